The summed E-state index contributed by atoms with van der Waals surface area (Å²) in [6.45, 7) is 2.73. The first kappa shape index (κ1) is 24.3. The summed E-state index contributed by atoms with van der Waals surface area (Å²) in [7, 11) is 1.55. The number of anilines is 1. The second-order valence-corrected chi connectivity index (χ2v) is 7.57. The largest absolute Gasteiger partial charge is 0.493 e. The van der Waals surface area contributed by atoms with Crippen molar-refractivity contribution in [3.8, 4) is 11.5 Å². The molecule has 0 saturated carbocycles. The number of aromatic carboxylic acids is 1. The molecule has 0 aliphatic carbocycles. The van der Waals surface area contributed by atoms with Gasteiger partial charge in [0.2, 0.25) is 0 Å². The van der Waals surface area contributed by atoms with E-state index in [1.165, 1.54) is 25.7 Å². The predicted molar refractivity (Wildman–Crippen MR) is 122 cm³/mol. The van der Waals surface area contributed by atoms with Crippen LogP contribution in [0.2, 0.25) is 0 Å². The van der Waals surface area contributed by atoms with Crippen LogP contribution in [-0.2, 0) is 11.3 Å². The van der Waals surface area contributed by atoms with E-state index in [2.05, 4.69) is 12.2 Å². The van der Waals surface area contributed by atoms with Crippen LogP contribution in [0.5, 0.6) is 11.5 Å². The molecule has 0 aliphatic rings. The Morgan fingerprint density at radius 1 is 0.903 bits per heavy atom. The molecular formula is C25H33NO5. The van der Waals surface area contributed by atoms with Crippen molar-refractivity contribution in [3.05, 3.63) is 53.6 Å². The van der Waals surface area contributed by atoms with Crippen LogP contribution in [0.1, 0.15) is 74.2 Å². The number of ether oxygens (including phenoxy) is 2. The van der Waals surface area contributed by atoms with Gasteiger partial charge in [-0.15, -0.1) is 0 Å². The van der Waals surface area contributed by atoms with Gasteiger partial charge in [0.05, 0.1) is 12.7 Å². The first-order valence-corrected chi connectivity index (χ1v) is 11.0. The summed E-state index contributed by atoms with van der Waals surface area (Å²) in [5, 5.41) is 12.2. The van der Waals surface area contributed by atoms with E-state index in [1.807, 2.05) is 12.1 Å². The molecule has 168 valence electrons. The summed E-state index contributed by atoms with van der Waals surface area (Å²) >= 11 is 0. The molecule has 0 unspecified atom stereocenters. The molecule has 31 heavy (non-hydrogen) atoms. The van der Waals surface area contributed by atoms with E-state index < -0.39 is 5.97 Å². The molecule has 0 heterocycles. The SMILES string of the molecule is CCCCCCCCCC(=O)Oc1ccc(CNc2ccc(C(=O)O)cc2)cc1OC. The number of benzene rings is 2. The summed E-state index contributed by atoms with van der Waals surface area (Å²) < 4.78 is 10.9. The van der Waals surface area contributed by atoms with E-state index in [0.29, 0.717) is 24.5 Å². The van der Waals surface area contributed by atoms with Crippen molar-refractivity contribution in [3.63, 3.8) is 0 Å². The Hall–Kier alpha value is -3.02. The Bertz CT molecular complexity index is 832. The minimum absolute atomic E-state index is 0.240. The number of methoxy groups -OCH3 is 1. The molecule has 0 atom stereocenters. The average molecular weight is 428 g/mol. The summed E-state index contributed by atoms with van der Waals surface area (Å²) in [6.07, 6.45) is 8.49. The van der Waals surface area contributed by atoms with Crippen LogP contribution in [0, 0.1) is 0 Å². The highest BCUT2D eigenvalue weighted by atomic mass is 16.6. The zero-order valence-electron chi connectivity index (χ0n) is 18.5. The van der Waals surface area contributed by atoms with E-state index in [1.54, 1.807) is 37.4 Å². The Kier molecular flexibility index (Phi) is 10.4. The Labute approximate surface area is 184 Å². The molecule has 2 aromatic rings. The van der Waals surface area contributed by atoms with Crippen LogP contribution in [0.15, 0.2) is 42.5 Å². The van der Waals surface area contributed by atoms with Crippen LogP contribution < -0.4 is 14.8 Å². The van der Waals surface area contributed by atoms with E-state index in [9.17, 15) is 9.59 Å². The van der Waals surface area contributed by atoms with Crippen molar-refractivity contribution >= 4 is 17.6 Å². The van der Waals surface area contributed by atoms with E-state index in [4.69, 9.17) is 14.6 Å². The smallest absolute Gasteiger partial charge is 0.335 e. The quantitative estimate of drug-likeness (QED) is 0.217. The summed E-state index contributed by atoms with van der Waals surface area (Å²) in [5.74, 6) is -0.261. The molecule has 0 spiro atoms. The molecule has 0 radical (unpaired) electrons. The second kappa shape index (κ2) is 13.3. The van der Waals surface area contributed by atoms with Gasteiger partial charge in [-0.1, -0.05) is 51.5 Å². The molecule has 2 N–H and O–H groups in total. The maximum atomic E-state index is 12.2. The third kappa shape index (κ3) is 8.70. The van der Waals surface area contributed by atoms with Crippen molar-refractivity contribution in [2.24, 2.45) is 0 Å². The Morgan fingerprint density at radius 2 is 1.58 bits per heavy atom. The molecule has 6 nitrogen and oxygen atoms in total. The highest BCUT2D eigenvalue weighted by Crippen LogP contribution is 2.29. The lowest BCUT2D eigenvalue weighted by molar-refractivity contribution is -0.134. The van der Waals surface area contributed by atoms with Crippen molar-refractivity contribution in [2.45, 2.75) is 64.8 Å². The van der Waals surface area contributed by atoms with E-state index in [0.717, 1.165) is 30.5 Å². The topological polar surface area (TPSA) is 84.9 Å². The zero-order valence-corrected chi connectivity index (χ0v) is 18.5. The van der Waals surface area contributed by atoms with Crippen LogP contribution in [0.3, 0.4) is 0 Å². The molecule has 6 heteroatoms. The average Bonchev–Trinajstić information content (AvgIpc) is 2.78. The van der Waals surface area contributed by atoms with E-state index in [-0.39, 0.29) is 11.5 Å². The number of hydrogen-bond acceptors (Lipinski definition) is 5. The van der Waals surface area contributed by atoms with Gasteiger partial charge in [0.1, 0.15) is 0 Å². The molecule has 0 aromatic heterocycles. The maximum absolute atomic E-state index is 12.2. The lowest BCUT2D eigenvalue weighted by Crippen LogP contribution is -2.09. The van der Waals surface area contributed by atoms with Gasteiger partial charge in [0.15, 0.2) is 11.5 Å². The van der Waals surface area contributed by atoms with Gasteiger partial charge in [0.25, 0.3) is 0 Å². The number of carboxylic acid groups (broad SMARTS) is 1. The van der Waals surface area contributed by atoms with Crippen molar-refractivity contribution in [1.82, 2.24) is 0 Å². The fourth-order valence-corrected chi connectivity index (χ4v) is 3.24. The first-order chi connectivity index (χ1) is 15.0. The zero-order chi connectivity index (χ0) is 22.5. The Balaban J connectivity index is 1.81. The van der Waals surface area contributed by atoms with E-state index >= 15 is 0 Å². The molecule has 0 amide bonds. The van der Waals surface area contributed by atoms with Gasteiger partial charge < -0.3 is 19.9 Å². The maximum Gasteiger partial charge on any atom is 0.335 e. The van der Waals surface area contributed by atoms with Gasteiger partial charge >= 0.3 is 11.9 Å². The van der Waals surface area contributed by atoms with Gasteiger partial charge in [-0.25, -0.2) is 4.79 Å². The molecule has 2 aromatic carbocycles. The summed E-state index contributed by atoms with van der Waals surface area (Å²) in [5.41, 5.74) is 2.01. The lowest BCUT2D eigenvalue weighted by Gasteiger charge is -2.12. The summed E-state index contributed by atoms with van der Waals surface area (Å²) in [4.78, 5) is 23.1. The van der Waals surface area contributed by atoms with Crippen molar-refractivity contribution in [2.75, 3.05) is 12.4 Å². The fourth-order valence-electron chi connectivity index (χ4n) is 3.24. The third-order valence-electron chi connectivity index (χ3n) is 5.06. The minimum Gasteiger partial charge on any atom is -0.493 e. The van der Waals surface area contributed by atoms with Gasteiger partial charge in [-0.2, -0.15) is 0 Å². The molecule has 0 bridgehead atoms. The number of carbonyl (C=O) groups is 2. The summed E-state index contributed by atoms with van der Waals surface area (Å²) in [6, 6.07) is 12.0. The molecule has 0 aliphatic heterocycles. The van der Waals surface area contributed by atoms with Crippen molar-refractivity contribution in [1.29, 1.82) is 0 Å². The lowest BCUT2D eigenvalue weighted by atomic mass is 10.1. The molecule has 0 saturated heterocycles. The number of nitrogens with one attached hydrogen (secondary N) is 1. The highest BCUT2D eigenvalue weighted by molar-refractivity contribution is 5.88. The van der Waals surface area contributed by atoms with Crippen LogP contribution >= 0.6 is 0 Å². The molecular weight excluding hydrogens is 394 g/mol. The number of unbranched alkanes of at least 4 members (excludes halogenated alkanes) is 6. The molecule has 0 fully saturated rings. The van der Waals surface area contributed by atoms with Gasteiger partial charge in [-0.05, 0) is 48.4 Å². The standard InChI is InChI=1S/C25H33NO5/c1-3-4-5-6-7-8-9-10-24(27)31-22-16-11-19(17-23(22)30-2)18-26-21-14-12-20(13-15-21)25(28)29/h11-17,26H,3-10,18H2,1-2H3,(H,28,29). The monoisotopic (exact) mass is 427 g/mol. The number of carboxylic acids is 1. The van der Waals surface area contributed by atoms with Crippen LogP contribution in [0.4, 0.5) is 5.69 Å². The fraction of sp³-hybridized carbons (Fsp3) is 0.440. The van der Waals surface area contributed by atoms with Crippen LogP contribution in [0.25, 0.3) is 0 Å². The second-order valence-electron chi connectivity index (χ2n) is 7.57. The van der Waals surface area contributed by atoms with Crippen LogP contribution in [-0.4, -0.2) is 24.2 Å². The minimum atomic E-state index is -0.951. The predicted octanol–water partition coefficient (Wildman–Crippen LogP) is 6.05. The highest BCUT2D eigenvalue weighted by Gasteiger charge is 2.11. The number of hydrogen-bond donors (Lipinski definition) is 2. The molecule has 2 rings (SSSR count). The van der Waals surface area contributed by atoms with Gasteiger partial charge in [0, 0.05) is 18.7 Å². The normalized spacial score (nSPS) is 10.5. The number of esters is 1. The third-order valence-corrected chi connectivity index (χ3v) is 5.06. The number of rotatable bonds is 14. The van der Waals surface area contributed by atoms with Gasteiger partial charge in [-0.3, -0.25) is 4.79 Å². The number of carbonyl (C=O) groups excluding carboxylic acids is 1. The first-order valence-electron chi connectivity index (χ1n) is 11.0. The van der Waals surface area contributed by atoms with Crippen molar-refractivity contribution < 1.29 is 24.2 Å². The Morgan fingerprint density at radius 3 is 2.23 bits per heavy atom.